The minimum absolute atomic E-state index is 0.134. The minimum Gasteiger partial charge on any atom is -0.317 e. The van der Waals surface area contributed by atoms with Gasteiger partial charge in [0.05, 0.1) is 6.33 Å². The molecule has 1 unspecified atom stereocenters. The molecule has 1 heterocycles. The van der Waals surface area contributed by atoms with E-state index in [4.69, 9.17) is 5.73 Å². The summed E-state index contributed by atoms with van der Waals surface area (Å²) >= 11 is 0. The van der Waals surface area contributed by atoms with Crippen LogP contribution in [0.4, 0.5) is 0 Å². The molecule has 0 aliphatic carbocycles. The third-order valence-corrected chi connectivity index (χ3v) is 3.02. The van der Waals surface area contributed by atoms with Crippen LogP contribution in [0.2, 0.25) is 0 Å². The number of imidazole rings is 1. The standard InChI is InChI=1S/C14H19N3/c1-2-3-6-12-7-4-5-8-13(12)14(15)17-10-9-16-11-17/h4-5,7-11,14H,2-3,6,15H2,1H3. The molecular weight excluding hydrogens is 210 g/mol. The molecule has 0 saturated heterocycles. The molecule has 0 bridgehead atoms. The lowest BCUT2D eigenvalue weighted by molar-refractivity contribution is 0.600. The molecular formula is C14H19N3. The van der Waals surface area contributed by atoms with Gasteiger partial charge in [0.1, 0.15) is 6.17 Å². The van der Waals surface area contributed by atoms with Crippen LogP contribution in [0.15, 0.2) is 43.0 Å². The fraction of sp³-hybridized carbons (Fsp3) is 0.357. The van der Waals surface area contributed by atoms with Crippen molar-refractivity contribution >= 4 is 0 Å². The van der Waals surface area contributed by atoms with E-state index in [0.29, 0.717) is 0 Å². The summed E-state index contributed by atoms with van der Waals surface area (Å²) in [6.07, 6.45) is 8.79. The van der Waals surface area contributed by atoms with Crippen molar-refractivity contribution in [2.45, 2.75) is 32.4 Å². The maximum Gasteiger partial charge on any atom is 0.109 e. The zero-order chi connectivity index (χ0) is 12.1. The molecule has 0 aliphatic heterocycles. The van der Waals surface area contributed by atoms with Crippen molar-refractivity contribution in [1.29, 1.82) is 0 Å². The van der Waals surface area contributed by atoms with Gasteiger partial charge in [0.25, 0.3) is 0 Å². The van der Waals surface area contributed by atoms with Crippen molar-refractivity contribution in [3.05, 3.63) is 54.1 Å². The summed E-state index contributed by atoms with van der Waals surface area (Å²) in [7, 11) is 0. The quantitative estimate of drug-likeness (QED) is 0.856. The highest BCUT2D eigenvalue weighted by molar-refractivity contribution is 5.30. The largest absolute Gasteiger partial charge is 0.317 e. The Morgan fingerprint density at radius 1 is 1.35 bits per heavy atom. The Bertz CT molecular complexity index is 448. The summed E-state index contributed by atoms with van der Waals surface area (Å²) in [4.78, 5) is 4.04. The molecule has 0 spiro atoms. The van der Waals surface area contributed by atoms with Gasteiger partial charge in [0.2, 0.25) is 0 Å². The van der Waals surface area contributed by atoms with Crippen LogP contribution in [-0.4, -0.2) is 9.55 Å². The molecule has 1 atom stereocenters. The Kier molecular flexibility index (Phi) is 3.94. The average Bonchev–Trinajstić information content (AvgIpc) is 2.89. The summed E-state index contributed by atoms with van der Waals surface area (Å²) in [5.41, 5.74) is 8.79. The second-order valence-corrected chi connectivity index (χ2v) is 4.26. The predicted octanol–water partition coefficient (Wildman–Crippen LogP) is 2.73. The molecule has 1 aromatic heterocycles. The van der Waals surface area contributed by atoms with Crippen molar-refractivity contribution in [2.24, 2.45) is 5.73 Å². The third kappa shape index (κ3) is 2.74. The van der Waals surface area contributed by atoms with Gasteiger partial charge >= 0.3 is 0 Å². The van der Waals surface area contributed by atoms with Crippen LogP contribution in [0, 0.1) is 0 Å². The molecule has 2 N–H and O–H groups in total. The summed E-state index contributed by atoms with van der Waals surface area (Å²) in [5, 5.41) is 0. The first-order chi connectivity index (χ1) is 8.33. The SMILES string of the molecule is CCCCc1ccccc1C(N)n1ccnc1. The lowest BCUT2D eigenvalue weighted by Crippen LogP contribution is -2.20. The van der Waals surface area contributed by atoms with E-state index in [1.54, 1.807) is 12.5 Å². The van der Waals surface area contributed by atoms with Gasteiger partial charge in [-0.25, -0.2) is 4.98 Å². The minimum atomic E-state index is -0.134. The summed E-state index contributed by atoms with van der Waals surface area (Å²) in [6.45, 7) is 2.21. The Morgan fingerprint density at radius 3 is 2.88 bits per heavy atom. The summed E-state index contributed by atoms with van der Waals surface area (Å²) < 4.78 is 1.94. The maximum atomic E-state index is 6.26. The van der Waals surface area contributed by atoms with Gasteiger partial charge in [0.15, 0.2) is 0 Å². The molecule has 0 saturated carbocycles. The van der Waals surface area contributed by atoms with Crippen molar-refractivity contribution in [3.8, 4) is 0 Å². The topological polar surface area (TPSA) is 43.8 Å². The van der Waals surface area contributed by atoms with E-state index >= 15 is 0 Å². The van der Waals surface area contributed by atoms with Gasteiger partial charge in [-0.2, -0.15) is 0 Å². The number of hydrogen-bond acceptors (Lipinski definition) is 2. The fourth-order valence-electron chi connectivity index (χ4n) is 2.01. The van der Waals surface area contributed by atoms with E-state index < -0.39 is 0 Å². The Hall–Kier alpha value is -1.61. The van der Waals surface area contributed by atoms with Crippen molar-refractivity contribution < 1.29 is 0 Å². The van der Waals surface area contributed by atoms with Crippen LogP contribution >= 0.6 is 0 Å². The van der Waals surface area contributed by atoms with E-state index in [-0.39, 0.29) is 6.17 Å². The number of aromatic nitrogens is 2. The Labute approximate surface area is 102 Å². The first kappa shape index (κ1) is 11.9. The second kappa shape index (κ2) is 5.64. The number of unbranched alkanes of at least 4 members (excludes halogenated alkanes) is 1. The number of benzene rings is 1. The van der Waals surface area contributed by atoms with Crippen LogP contribution in [0.3, 0.4) is 0 Å². The zero-order valence-corrected chi connectivity index (χ0v) is 10.2. The molecule has 0 radical (unpaired) electrons. The average molecular weight is 229 g/mol. The highest BCUT2D eigenvalue weighted by Crippen LogP contribution is 2.19. The number of nitrogens with zero attached hydrogens (tertiary/aromatic N) is 2. The molecule has 3 nitrogen and oxygen atoms in total. The highest BCUT2D eigenvalue weighted by atomic mass is 15.1. The molecule has 1 aromatic carbocycles. The fourth-order valence-corrected chi connectivity index (χ4v) is 2.01. The molecule has 0 aliphatic rings. The number of nitrogens with two attached hydrogens (primary N) is 1. The highest BCUT2D eigenvalue weighted by Gasteiger charge is 2.11. The van der Waals surface area contributed by atoms with Crippen LogP contribution < -0.4 is 5.73 Å². The van der Waals surface area contributed by atoms with E-state index in [1.807, 2.05) is 16.8 Å². The van der Waals surface area contributed by atoms with Crippen molar-refractivity contribution in [1.82, 2.24) is 9.55 Å². The smallest absolute Gasteiger partial charge is 0.109 e. The van der Waals surface area contributed by atoms with E-state index in [0.717, 1.165) is 6.42 Å². The van der Waals surface area contributed by atoms with Crippen LogP contribution in [0.25, 0.3) is 0 Å². The molecule has 0 fully saturated rings. The number of rotatable bonds is 5. The monoisotopic (exact) mass is 229 g/mol. The molecule has 2 rings (SSSR count). The van der Waals surface area contributed by atoms with Crippen LogP contribution in [0.1, 0.15) is 37.1 Å². The van der Waals surface area contributed by atoms with Gasteiger partial charge in [-0.3, -0.25) is 0 Å². The number of hydrogen-bond donors (Lipinski definition) is 1. The van der Waals surface area contributed by atoms with E-state index in [1.165, 1.54) is 24.0 Å². The molecule has 3 heteroatoms. The molecule has 2 aromatic rings. The molecule has 90 valence electrons. The van der Waals surface area contributed by atoms with Crippen molar-refractivity contribution in [2.75, 3.05) is 0 Å². The lowest BCUT2D eigenvalue weighted by atomic mass is 10.0. The Morgan fingerprint density at radius 2 is 2.18 bits per heavy atom. The van der Waals surface area contributed by atoms with Crippen molar-refractivity contribution in [3.63, 3.8) is 0 Å². The zero-order valence-electron chi connectivity index (χ0n) is 10.2. The van der Waals surface area contributed by atoms with Gasteiger partial charge in [0, 0.05) is 12.4 Å². The first-order valence-electron chi connectivity index (χ1n) is 6.13. The van der Waals surface area contributed by atoms with Gasteiger partial charge < -0.3 is 10.3 Å². The van der Waals surface area contributed by atoms with Crippen LogP contribution in [0.5, 0.6) is 0 Å². The van der Waals surface area contributed by atoms with Gasteiger partial charge in [-0.05, 0) is 24.0 Å². The first-order valence-corrected chi connectivity index (χ1v) is 6.13. The normalized spacial score (nSPS) is 12.6. The maximum absolute atomic E-state index is 6.26. The van der Waals surface area contributed by atoms with E-state index in [9.17, 15) is 0 Å². The summed E-state index contributed by atoms with van der Waals surface area (Å²) in [5.74, 6) is 0. The lowest BCUT2D eigenvalue weighted by Gasteiger charge is -2.17. The summed E-state index contributed by atoms with van der Waals surface area (Å²) in [6, 6.07) is 8.40. The Balaban J connectivity index is 2.25. The van der Waals surface area contributed by atoms with E-state index in [2.05, 4.69) is 30.1 Å². The van der Waals surface area contributed by atoms with Gasteiger partial charge in [-0.15, -0.1) is 0 Å². The predicted molar refractivity (Wildman–Crippen MR) is 69.6 cm³/mol. The molecule has 17 heavy (non-hydrogen) atoms. The van der Waals surface area contributed by atoms with Crippen LogP contribution in [-0.2, 0) is 6.42 Å². The third-order valence-electron chi connectivity index (χ3n) is 3.02. The second-order valence-electron chi connectivity index (χ2n) is 4.26. The number of aryl methyl sites for hydroxylation is 1. The molecule has 0 amide bonds. The van der Waals surface area contributed by atoms with Gasteiger partial charge in [-0.1, -0.05) is 37.6 Å².